The fraction of sp³-hybridized carbons (Fsp3) is 0.0769. The first-order valence-electron chi connectivity index (χ1n) is 5.55. The summed E-state index contributed by atoms with van der Waals surface area (Å²) in [5.74, 6) is -0.167. The van der Waals surface area contributed by atoms with Crippen molar-refractivity contribution in [3.05, 3.63) is 45.1 Å². The van der Waals surface area contributed by atoms with Crippen LogP contribution in [0.2, 0.25) is 5.02 Å². The van der Waals surface area contributed by atoms with Crippen LogP contribution >= 0.6 is 22.9 Å². The fourth-order valence-electron chi connectivity index (χ4n) is 1.47. The summed E-state index contributed by atoms with van der Waals surface area (Å²) in [4.78, 5) is 12.2. The first-order chi connectivity index (χ1) is 9.61. The van der Waals surface area contributed by atoms with Crippen molar-refractivity contribution in [2.75, 3.05) is 7.11 Å². The van der Waals surface area contributed by atoms with E-state index in [9.17, 15) is 9.90 Å². The minimum Gasteiger partial charge on any atom is -0.504 e. The van der Waals surface area contributed by atoms with E-state index in [1.165, 1.54) is 36.8 Å². The lowest BCUT2D eigenvalue weighted by Crippen LogP contribution is -2.16. The zero-order valence-electron chi connectivity index (χ0n) is 10.5. The summed E-state index contributed by atoms with van der Waals surface area (Å²) in [5, 5.41) is 15.9. The van der Waals surface area contributed by atoms with Crippen LogP contribution in [0.15, 0.2) is 34.7 Å². The van der Waals surface area contributed by atoms with Crippen molar-refractivity contribution in [1.82, 2.24) is 5.43 Å². The molecule has 2 rings (SSSR count). The lowest BCUT2D eigenvalue weighted by molar-refractivity contribution is 0.0959. The molecule has 1 amide bonds. The van der Waals surface area contributed by atoms with E-state index in [0.717, 1.165) is 0 Å². The van der Waals surface area contributed by atoms with Gasteiger partial charge in [-0.25, -0.2) is 5.43 Å². The SMILES string of the molecule is COc1cc(Cl)cc(C=NNC(=O)c2cccs2)c1O. The third kappa shape index (κ3) is 3.28. The molecule has 0 unspecified atom stereocenters. The maximum Gasteiger partial charge on any atom is 0.281 e. The zero-order valence-corrected chi connectivity index (χ0v) is 12.0. The van der Waals surface area contributed by atoms with E-state index < -0.39 is 0 Å². The van der Waals surface area contributed by atoms with Gasteiger partial charge in [0.15, 0.2) is 11.5 Å². The van der Waals surface area contributed by atoms with Gasteiger partial charge in [0.25, 0.3) is 5.91 Å². The number of amides is 1. The number of benzene rings is 1. The highest BCUT2D eigenvalue weighted by Gasteiger charge is 2.09. The Morgan fingerprint density at radius 2 is 2.35 bits per heavy atom. The molecule has 0 bridgehead atoms. The minimum atomic E-state index is -0.315. The standard InChI is InChI=1S/C13H11ClN2O3S/c1-19-10-6-9(14)5-8(12(10)17)7-15-16-13(18)11-3-2-4-20-11/h2-7,17H,1H3,(H,16,18). The molecule has 1 aromatic heterocycles. The van der Waals surface area contributed by atoms with Gasteiger partial charge >= 0.3 is 0 Å². The predicted octanol–water partition coefficient (Wildman–Crippen LogP) is 2.88. The molecule has 5 nitrogen and oxygen atoms in total. The molecule has 0 radical (unpaired) electrons. The Bertz CT molecular complexity index is 641. The molecule has 1 heterocycles. The number of nitrogens with zero attached hydrogens (tertiary/aromatic N) is 1. The number of phenols is 1. The van der Waals surface area contributed by atoms with E-state index in [-0.39, 0.29) is 17.4 Å². The van der Waals surface area contributed by atoms with E-state index in [1.807, 2.05) is 0 Å². The van der Waals surface area contributed by atoms with Crippen molar-refractivity contribution in [3.8, 4) is 11.5 Å². The van der Waals surface area contributed by atoms with E-state index in [4.69, 9.17) is 16.3 Å². The third-order valence-corrected chi connectivity index (χ3v) is 3.49. The second kappa shape index (κ2) is 6.40. The maximum atomic E-state index is 11.6. The van der Waals surface area contributed by atoms with Crippen LogP contribution in [0, 0.1) is 0 Å². The van der Waals surface area contributed by atoms with E-state index in [2.05, 4.69) is 10.5 Å². The highest BCUT2D eigenvalue weighted by atomic mass is 35.5. The lowest BCUT2D eigenvalue weighted by atomic mass is 10.2. The molecule has 0 saturated heterocycles. The Labute approximate surface area is 124 Å². The van der Waals surface area contributed by atoms with Gasteiger partial charge in [0.1, 0.15) is 0 Å². The molecule has 0 atom stereocenters. The summed E-state index contributed by atoms with van der Waals surface area (Å²) in [6.45, 7) is 0. The topological polar surface area (TPSA) is 70.9 Å². The van der Waals surface area contributed by atoms with Gasteiger partial charge in [-0.05, 0) is 17.5 Å². The van der Waals surface area contributed by atoms with Crippen molar-refractivity contribution >= 4 is 35.1 Å². The van der Waals surface area contributed by atoms with E-state index in [0.29, 0.717) is 15.5 Å². The molecule has 7 heteroatoms. The first kappa shape index (κ1) is 14.4. The molecule has 0 aliphatic rings. The van der Waals surface area contributed by atoms with Crippen molar-refractivity contribution in [2.24, 2.45) is 5.10 Å². The number of hydrogen-bond donors (Lipinski definition) is 2. The molecule has 104 valence electrons. The average molecular weight is 311 g/mol. The summed E-state index contributed by atoms with van der Waals surface area (Å²) in [7, 11) is 1.42. The summed E-state index contributed by atoms with van der Waals surface area (Å²) >= 11 is 7.20. The summed E-state index contributed by atoms with van der Waals surface area (Å²) in [5.41, 5.74) is 2.71. The molecular weight excluding hydrogens is 300 g/mol. The van der Waals surface area contributed by atoms with Gasteiger partial charge in [0.2, 0.25) is 0 Å². The van der Waals surface area contributed by atoms with Crippen LogP contribution in [0.5, 0.6) is 11.5 Å². The fourth-order valence-corrected chi connectivity index (χ4v) is 2.30. The monoisotopic (exact) mass is 310 g/mol. The molecule has 1 aromatic carbocycles. The number of carbonyl (C=O) groups is 1. The zero-order chi connectivity index (χ0) is 14.5. The van der Waals surface area contributed by atoms with E-state index in [1.54, 1.807) is 17.5 Å². The van der Waals surface area contributed by atoms with E-state index >= 15 is 0 Å². The summed E-state index contributed by atoms with van der Waals surface area (Å²) in [6.07, 6.45) is 1.30. The Balaban J connectivity index is 2.12. The average Bonchev–Trinajstić information content (AvgIpc) is 2.96. The Morgan fingerprint density at radius 1 is 1.55 bits per heavy atom. The molecular formula is C13H11ClN2O3S. The molecule has 2 N–H and O–H groups in total. The Kier molecular flexibility index (Phi) is 4.60. The number of methoxy groups -OCH3 is 1. The van der Waals surface area contributed by atoms with Gasteiger partial charge in [-0.2, -0.15) is 5.10 Å². The summed E-state index contributed by atoms with van der Waals surface area (Å²) < 4.78 is 4.97. The normalized spacial score (nSPS) is 10.7. The minimum absolute atomic E-state index is 0.0916. The van der Waals surface area contributed by atoms with Gasteiger partial charge in [0.05, 0.1) is 18.2 Å². The van der Waals surface area contributed by atoms with Crippen LogP contribution in [-0.4, -0.2) is 24.3 Å². The van der Waals surface area contributed by atoms with Gasteiger partial charge in [-0.15, -0.1) is 11.3 Å². The predicted molar refractivity (Wildman–Crippen MR) is 79.0 cm³/mol. The van der Waals surface area contributed by atoms with Crippen LogP contribution in [0.4, 0.5) is 0 Å². The second-order valence-corrected chi connectivity index (χ2v) is 5.11. The number of thiophene rings is 1. The van der Waals surface area contributed by atoms with Gasteiger partial charge in [-0.1, -0.05) is 17.7 Å². The summed E-state index contributed by atoms with van der Waals surface area (Å²) in [6, 6.07) is 6.46. The van der Waals surface area contributed by atoms with Crippen molar-refractivity contribution in [2.45, 2.75) is 0 Å². The highest BCUT2D eigenvalue weighted by Crippen LogP contribution is 2.32. The number of rotatable bonds is 4. The molecule has 0 fully saturated rings. The van der Waals surface area contributed by atoms with Gasteiger partial charge < -0.3 is 9.84 Å². The molecule has 0 saturated carbocycles. The number of nitrogens with one attached hydrogen (secondary N) is 1. The number of halogens is 1. The molecule has 0 aliphatic heterocycles. The Hall–Kier alpha value is -2.05. The van der Waals surface area contributed by atoms with Gasteiger partial charge in [0, 0.05) is 16.7 Å². The molecule has 20 heavy (non-hydrogen) atoms. The Morgan fingerprint density at radius 3 is 3.00 bits per heavy atom. The third-order valence-electron chi connectivity index (χ3n) is 2.40. The lowest BCUT2D eigenvalue weighted by Gasteiger charge is -2.06. The first-order valence-corrected chi connectivity index (χ1v) is 6.81. The molecule has 0 spiro atoms. The highest BCUT2D eigenvalue weighted by molar-refractivity contribution is 7.12. The maximum absolute atomic E-state index is 11.6. The van der Waals surface area contributed by atoms with Crippen LogP contribution in [0.3, 0.4) is 0 Å². The smallest absolute Gasteiger partial charge is 0.281 e. The largest absolute Gasteiger partial charge is 0.504 e. The second-order valence-electron chi connectivity index (χ2n) is 3.72. The van der Waals surface area contributed by atoms with Crippen LogP contribution < -0.4 is 10.2 Å². The number of phenolic OH excluding ortho intramolecular Hbond substituents is 1. The number of carbonyl (C=O) groups excluding carboxylic acids is 1. The van der Waals surface area contributed by atoms with Crippen LogP contribution in [0.25, 0.3) is 0 Å². The van der Waals surface area contributed by atoms with Crippen molar-refractivity contribution in [3.63, 3.8) is 0 Å². The van der Waals surface area contributed by atoms with Crippen LogP contribution in [0.1, 0.15) is 15.2 Å². The van der Waals surface area contributed by atoms with Gasteiger partial charge in [-0.3, -0.25) is 4.79 Å². The quantitative estimate of drug-likeness (QED) is 0.674. The number of hydrogen-bond acceptors (Lipinski definition) is 5. The number of aromatic hydroxyl groups is 1. The molecule has 0 aliphatic carbocycles. The van der Waals surface area contributed by atoms with Crippen LogP contribution in [-0.2, 0) is 0 Å². The van der Waals surface area contributed by atoms with Crippen molar-refractivity contribution < 1.29 is 14.6 Å². The number of hydrazone groups is 1. The number of ether oxygens (including phenoxy) is 1. The van der Waals surface area contributed by atoms with Crippen molar-refractivity contribution in [1.29, 1.82) is 0 Å². The molecule has 2 aromatic rings.